The molecule has 1 fully saturated rings. The van der Waals surface area contributed by atoms with E-state index in [1.165, 1.54) is 0 Å². The molecular weight excluding hydrogens is 266 g/mol. The van der Waals surface area contributed by atoms with Gasteiger partial charge < -0.3 is 20.2 Å². The number of nitrogens with zero attached hydrogens (tertiary/aromatic N) is 2. The second-order valence-electron chi connectivity index (χ2n) is 5.76. The van der Waals surface area contributed by atoms with Gasteiger partial charge >= 0.3 is 0 Å². The van der Waals surface area contributed by atoms with Crippen molar-refractivity contribution in [3.63, 3.8) is 0 Å². The monoisotopic (exact) mass is 291 g/mol. The predicted molar refractivity (Wildman–Crippen MR) is 84.3 cm³/mol. The molecule has 1 aliphatic rings. The van der Waals surface area contributed by atoms with Crippen LogP contribution in [0.1, 0.15) is 18.9 Å². The molecule has 0 bridgehead atoms. The van der Waals surface area contributed by atoms with E-state index >= 15 is 0 Å². The number of amides is 1. The van der Waals surface area contributed by atoms with Crippen LogP contribution in [0.3, 0.4) is 0 Å². The van der Waals surface area contributed by atoms with Crippen molar-refractivity contribution in [1.29, 1.82) is 0 Å². The van der Waals surface area contributed by atoms with E-state index in [1.54, 1.807) is 0 Å². The Balaban J connectivity index is 1.99. The maximum Gasteiger partial charge on any atom is 0.240 e. The molecule has 1 saturated heterocycles. The number of anilines is 1. The summed E-state index contributed by atoms with van der Waals surface area (Å²) in [4.78, 5) is 16.3. The van der Waals surface area contributed by atoms with Crippen molar-refractivity contribution < 1.29 is 9.90 Å². The molecule has 1 aliphatic heterocycles. The Morgan fingerprint density at radius 2 is 2.00 bits per heavy atom. The van der Waals surface area contributed by atoms with Gasteiger partial charge in [0.15, 0.2) is 0 Å². The fourth-order valence-electron chi connectivity index (χ4n) is 2.59. The minimum atomic E-state index is -0.406. The van der Waals surface area contributed by atoms with E-state index in [2.05, 4.69) is 34.5 Å². The molecule has 2 unspecified atom stereocenters. The molecule has 0 saturated carbocycles. The molecule has 2 N–H and O–H groups in total. The molecule has 5 heteroatoms. The van der Waals surface area contributed by atoms with Crippen molar-refractivity contribution in [1.82, 2.24) is 10.2 Å². The number of carbonyl (C=O) groups excluding carboxylic acids is 1. The summed E-state index contributed by atoms with van der Waals surface area (Å²) in [5, 5.41) is 12.6. The van der Waals surface area contributed by atoms with Crippen LogP contribution in [0, 0.1) is 0 Å². The number of benzene rings is 1. The highest BCUT2D eigenvalue weighted by Crippen LogP contribution is 2.16. The first-order valence-corrected chi connectivity index (χ1v) is 7.47. The minimum absolute atomic E-state index is 0.0748. The van der Waals surface area contributed by atoms with Crippen LogP contribution in [-0.4, -0.2) is 55.2 Å². The summed E-state index contributed by atoms with van der Waals surface area (Å²) >= 11 is 0. The van der Waals surface area contributed by atoms with Crippen LogP contribution in [0.2, 0.25) is 0 Å². The van der Waals surface area contributed by atoms with Crippen molar-refractivity contribution in [3.8, 4) is 0 Å². The van der Waals surface area contributed by atoms with E-state index < -0.39 is 6.10 Å². The Morgan fingerprint density at radius 1 is 1.33 bits per heavy atom. The van der Waals surface area contributed by atoms with Crippen molar-refractivity contribution in [2.24, 2.45) is 0 Å². The maximum atomic E-state index is 12.4. The molecule has 116 valence electrons. The van der Waals surface area contributed by atoms with E-state index in [-0.39, 0.29) is 11.9 Å². The van der Waals surface area contributed by atoms with Gasteiger partial charge in [0.1, 0.15) is 0 Å². The van der Waals surface area contributed by atoms with Crippen LogP contribution < -0.4 is 10.2 Å². The van der Waals surface area contributed by atoms with Gasteiger partial charge in [0, 0.05) is 39.4 Å². The topological polar surface area (TPSA) is 55.8 Å². The Labute approximate surface area is 126 Å². The van der Waals surface area contributed by atoms with Gasteiger partial charge in [-0.3, -0.25) is 4.79 Å². The van der Waals surface area contributed by atoms with Gasteiger partial charge in [-0.1, -0.05) is 12.1 Å². The third-order valence-corrected chi connectivity index (χ3v) is 3.93. The van der Waals surface area contributed by atoms with E-state index in [9.17, 15) is 9.90 Å². The van der Waals surface area contributed by atoms with E-state index in [1.807, 2.05) is 25.9 Å². The summed E-state index contributed by atoms with van der Waals surface area (Å²) in [6, 6.07) is 7.99. The molecule has 0 radical (unpaired) electrons. The van der Waals surface area contributed by atoms with Gasteiger partial charge in [0.05, 0.1) is 12.1 Å². The number of aliphatic hydroxyl groups is 1. The standard InChI is InChI=1S/C16H25N3O2/c1-4-19(16(21)15-9-14(20)10-17-15)11-12-5-7-13(8-6-12)18(2)3/h5-8,14-15,17,20H,4,9-11H2,1-3H3. The second kappa shape index (κ2) is 6.91. The lowest BCUT2D eigenvalue weighted by atomic mass is 10.1. The summed E-state index contributed by atoms with van der Waals surface area (Å²) in [5.41, 5.74) is 2.27. The molecule has 2 atom stereocenters. The normalized spacial score (nSPS) is 21.3. The quantitative estimate of drug-likeness (QED) is 0.843. The summed E-state index contributed by atoms with van der Waals surface area (Å²) in [7, 11) is 4.02. The Morgan fingerprint density at radius 3 is 2.48 bits per heavy atom. The van der Waals surface area contributed by atoms with Gasteiger partial charge in [-0.25, -0.2) is 0 Å². The average molecular weight is 291 g/mol. The Kier molecular flexibility index (Phi) is 5.20. The first kappa shape index (κ1) is 15.8. The zero-order valence-electron chi connectivity index (χ0n) is 13.0. The summed E-state index contributed by atoms with van der Waals surface area (Å²) < 4.78 is 0. The largest absolute Gasteiger partial charge is 0.392 e. The van der Waals surface area contributed by atoms with Gasteiger partial charge in [0.25, 0.3) is 0 Å². The van der Waals surface area contributed by atoms with Crippen LogP contribution in [0.15, 0.2) is 24.3 Å². The van der Waals surface area contributed by atoms with Crippen LogP contribution in [0.5, 0.6) is 0 Å². The molecule has 5 nitrogen and oxygen atoms in total. The molecule has 21 heavy (non-hydrogen) atoms. The SMILES string of the molecule is CCN(Cc1ccc(N(C)C)cc1)C(=O)C1CC(O)CN1. The molecule has 0 aromatic heterocycles. The van der Waals surface area contributed by atoms with E-state index in [4.69, 9.17) is 0 Å². The van der Waals surface area contributed by atoms with Crippen LogP contribution in [0.25, 0.3) is 0 Å². The smallest absolute Gasteiger partial charge is 0.240 e. The highest BCUT2D eigenvalue weighted by Gasteiger charge is 2.30. The number of rotatable bonds is 5. The number of likely N-dealkylation sites (N-methyl/N-ethyl adjacent to an activating group) is 1. The molecule has 1 heterocycles. The first-order valence-electron chi connectivity index (χ1n) is 7.47. The highest BCUT2D eigenvalue weighted by atomic mass is 16.3. The van der Waals surface area contributed by atoms with Gasteiger partial charge in [0.2, 0.25) is 5.91 Å². The molecule has 1 amide bonds. The fourth-order valence-corrected chi connectivity index (χ4v) is 2.59. The lowest BCUT2D eigenvalue weighted by Gasteiger charge is -2.24. The third kappa shape index (κ3) is 3.95. The number of hydrogen-bond acceptors (Lipinski definition) is 4. The summed E-state index contributed by atoms with van der Waals surface area (Å²) in [6.07, 6.45) is 0.103. The van der Waals surface area contributed by atoms with Crippen molar-refractivity contribution >= 4 is 11.6 Å². The highest BCUT2D eigenvalue weighted by molar-refractivity contribution is 5.82. The first-order chi connectivity index (χ1) is 10.0. The molecule has 2 rings (SSSR count). The van der Waals surface area contributed by atoms with E-state index in [0.717, 1.165) is 11.3 Å². The molecule has 0 aliphatic carbocycles. The number of β-amino-alcohol motifs (C(OH)–C–C–N with tert-alkyl or cyclic N) is 1. The fraction of sp³-hybridized carbons (Fsp3) is 0.562. The Hall–Kier alpha value is -1.59. The zero-order chi connectivity index (χ0) is 15.4. The summed E-state index contributed by atoms with van der Waals surface area (Å²) in [6.45, 7) is 3.77. The third-order valence-electron chi connectivity index (χ3n) is 3.93. The molecule has 1 aromatic rings. The number of nitrogens with one attached hydrogen (secondary N) is 1. The predicted octanol–water partition coefficient (Wildman–Crippen LogP) is 0.824. The lowest BCUT2D eigenvalue weighted by molar-refractivity contribution is -0.133. The number of aliphatic hydroxyl groups excluding tert-OH is 1. The van der Waals surface area contributed by atoms with Gasteiger partial charge in [-0.2, -0.15) is 0 Å². The zero-order valence-corrected chi connectivity index (χ0v) is 13.0. The molecule has 1 aromatic carbocycles. The van der Waals surface area contributed by atoms with E-state index in [0.29, 0.717) is 26.1 Å². The number of hydrogen-bond donors (Lipinski definition) is 2. The summed E-state index contributed by atoms with van der Waals surface area (Å²) in [5.74, 6) is 0.0748. The second-order valence-corrected chi connectivity index (χ2v) is 5.76. The minimum Gasteiger partial charge on any atom is -0.392 e. The maximum absolute atomic E-state index is 12.4. The number of carbonyl (C=O) groups is 1. The van der Waals surface area contributed by atoms with Crippen LogP contribution in [-0.2, 0) is 11.3 Å². The van der Waals surface area contributed by atoms with Crippen LogP contribution >= 0.6 is 0 Å². The van der Waals surface area contributed by atoms with Gasteiger partial charge in [-0.05, 0) is 31.0 Å². The lowest BCUT2D eigenvalue weighted by Crippen LogP contribution is -2.43. The molecular formula is C16H25N3O2. The average Bonchev–Trinajstić information content (AvgIpc) is 2.91. The van der Waals surface area contributed by atoms with Crippen LogP contribution in [0.4, 0.5) is 5.69 Å². The Bertz CT molecular complexity index is 473. The van der Waals surface area contributed by atoms with Gasteiger partial charge in [-0.15, -0.1) is 0 Å². The molecule has 0 spiro atoms. The van der Waals surface area contributed by atoms with Crippen molar-refractivity contribution in [2.75, 3.05) is 32.1 Å². The van der Waals surface area contributed by atoms with Crippen molar-refractivity contribution in [2.45, 2.75) is 32.0 Å². The van der Waals surface area contributed by atoms with Crippen molar-refractivity contribution in [3.05, 3.63) is 29.8 Å².